The van der Waals surface area contributed by atoms with E-state index in [1.54, 1.807) is 0 Å². The topological polar surface area (TPSA) is 29.9 Å². The summed E-state index contributed by atoms with van der Waals surface area (Å²) in [6.45, 7) is 4.70. The molecule has 3 heterocycles. The molecule has 16 heavy (non-hydrogen) atoms. The molecule has 3 nitrogen and oxygen atoms in total. The lowest BCUT2D eigenvalue weighted by atomic mass is 10.0. The highest BCUT2D eigenvalue weighted by Crippen LogP contribution is 2.27. The van der Waals surface area contributed by atoms with Crippen LogP contribution in [-0.2, 0) is 12.8 Å². The van der Waals surface area contributed by atoms with Crippen molar-refractivity contribution in [1.82, 2.24) is 14.9 Å². The number of aryl methyl sites for hydroxylation is 1. The largest absolute Gasteiger partial charge is 0.329 e. The average molecular weight is 219 g/mol. The molecule has 1 saturated heterocycles. The molecule has 0 aliphatic carbocycles. The van der Waals surface area contributed by atoms with Gasteiger partial charge in [-0.3, -0.25) is 0 Å². The van der Waals surface area contributed by atoms with Crippen LogP contribution in [-0.4, -0.2) is 22.6 Å². The van der Waals surface area contributed by atoms with Crippen molar-refractivity contribution in [2.75, 3.05) is 13.1 Å². The molecular formula is C13H21N3. The van der Waals surface area contributed by atoms with Crippen LogP contribution < -0.4 is 5.32 Å². The molecule has 0 radical (unpaired) electrons. The third kappa shape index (κ3) is 1.77. The van der Waals surface area contributed by atoms with Crippen LogP contribution in [0.25, 0.3) is 0 Å². The second-order valence-electron chi connectivity index (χ2n) is 5.34. The van der Waals surface area contributed by atoms with E-state index in [1.807, 2.05) is 0 Å². The van der Waals surface area contributed by atoms with E-state index in [4.69, 9.17) is 0 Å². The zero-order valence-electron chi connectivity index (χ0n) is 10.1. The van der Waals surface area contributed by atoms with Gasteiger partial charge in [-0.25, -0.2) is 4.98 Å². The second-order valence-corrected chi connectivity index (χ2v) is 5.34. The first-order chi connectivity index (χ1) is 7.84. The van der Waals surface area contributed by atoms with Crippen LogP contribution in [0.2, 0.25) is 0 Å². The third-order valence-electron chi connectivity index (χ3n) is 4.08. The van der Waals surface area contributed by atoms with E-state index in [1.165, 1.54) is 50.3 Å². The molecule has 1 fully saturated rings. The predicted octanol–water partition coefficient (Wildman–Crippen LogP) is 1.93. The average Bonchev–Trinajstić information content (AvgIpc) is 2.90. The summed E-state index contributed by atoms with van der Waals surface area (Å²) < 4.78 is 2.50. The van der Waals surface area contributed by atoms with Crippen molar-refractivity contribution >= 4 is 0 Å². The quantitative estimate of drug-likeness (QED) is 0.823. The Morgan fingerprint density at radius 2 is 2.44 bits per heavy atom. The van der Waals surface area contributed by atoms with Gasteiger partial charge in [-0.15, -0.1) is 0 Å². The van der Waals surface area contributed by atoms with Gasteiger partial charge in [0, 0.05) is 24.4 Å². The van der Waals surface area contributed by atoms with Gasteiger partial charge in [-0.1, -0.05) is 0 Å². The first-order valence-corrected chi connectivity index (χ1v) is 6.60. The van der Waals surface area contributed by atoms with Crippen LogP contribution in [0.15, 0.2) is 6.20 Å². The van der Waals surface area contributed by atoms with Gasteiger partial charge >= 0.3 is 0 Å². The molecule has 1 N–H and O–H groups in total. The Kier molecular flexibility index (Phi) is 2.72. The Labute approximate surface area is 97.3 Å². The molecule has 3 heteroatoms. The predicted molar refractivity (Wildman–Crippen MR) is 64.6 cm³/mol. The van der Waals surface area contributed by atoms with E-state index in [-0.39, 0.29) is 0 Å². The monoisotopic (exact) mass is 219 g/mol. The molecule has 88 valence electrons. The van der Waals surface area contributed by atoms with Crippen LogP contribution >= 0.6 is 0 Å². The fourth-order valence-electron chi connectivity index (χ4n) is 3.17. The van der Waals surface area contributed by atoms with E-state index in [2.05, 4.69) is 28.0 Å². The summed E-state index contributed by atoms with van der Waals surface area (Å²) in [7, 11) is 0. The van der Waals surface area contributed by atoms with Crippen LogP contribution in [0.4, 0.5) is 0 Å². The number of aromatic nitrogens is 2. The number of rotatable bonds is 2. The van der Waals surface area contributed by atoms with E-state index in [0.717, 1.165) is 12.3 Å². The van der Waals surface area contributed by atoms with Crippen molar-refractivity contribution < 1.29 is 0 Å². The van der Waals surface area contributed by atoms with Crippen LogP contribution in [0.1, 0.15) is 43.7 Å². The third-order valence-corrected chi connectivity index (χ3v) is 4.08. The highest BCUT2D eigenvalue weighted by atomic mass is 15.1. The van der Waals surface area contributed by atoms with Gasteiger partial charge in [-0.05, 0) is 51.6 Å². The lowest BCUT2D eigenvalue weighted by Gasteiger charge is -2.24. The fourth-order valence-corrected chi connectivity index (χ4v) is 3.17. The number of imidazole rings is 1. The highest BCUT2D eigenvalue weighted by molar-refractivity contribution is 5.11. The minimum Gasteiger partial charge on any atom is -0.329 e. The number of nitrogens with zero attached hydrogens (tertiary/aromatic N) is 2. The first-order valence-electron chi connectivity index (χ1n) is 6.60. The Morgan fingerprint density at radius 3 is 3.25 bits per heavy atom. The summed E-state index contributed by atoms with van der Waals surface area (Å²) in [5, 5.41) is 3.44. The molecule has 0 bridgehead atoms. The van der Waals surface area contributed by atoms with Crippen molar-refractivity contribution in [2.45, 2.75) is 45.1 Å². The molecule has 2 aliphatic heterocycles. The van der Waals surface area contributed by atoms with Crippen LogP contribution in [0.5, 0.6) is 0 Å². The highest BCUT2D eigenvalue weighted by Gasteiger charge is 2.23. The summed E-state index contributed by atoms with van der Waals surface area (Å²) in [6.07, 6.45) is 8.46. The van der Waals surface area contributed by atoms with Gasteiger partial charge < -0.3 is 9.88 Å². The first kappa shape index (κ1) is 10.3. The normalized spacial score (nSPS) is 29.3. The maximum Gasteiger partial charge on any atom is 0.109 e. The van der Waals surface area contributed by atoms with E-state index in [0.29, 0.717) is 6.04 Å². The molecule has 0 aromatic carbocycles. The Bertz CT molecular complexity index is 363. The summed E-state index contributed by atoms with van der Waals surface area (Å²) in [4.78, 5) is 4.65. The van der Waals surface area contributed by atoms with Crippen LogP contribution in [0.3, 0.4) is 0 Å². The van der Waals surface area contributed by atoms with Gasteiger partial charge in [0.05, 0.1) is 0 Å². The fraction of sp³-hybridized carbons (Fsp3) is 0.769. The summed E-state index contributed by atoms with van der Waals surface area (Å²) >= 11 is 0. The molecule has 0 saturated carbocycles. The number of fused-ring (bicyclic) bond motifs is 1. The molecule has 0 amide bonds. The summed E-state index contributed by atoms with van der Waals surface area (Å²) in [5.41, 5.74) is 1.46. The van der Waals surface area contributed by atoms with Gasteiger partial charge in [0.25, 0.3) is 0 Å². The number of hydrogen-bond donors (Lipinski definition) is 1. The lowest BCUT2D eigenvalue weighted by molar-refractivity contribution is 0.407. The minimum absolute atomic E-state index is 0.663. The minimum atomic E-state index is 0.663. The number of hydrogen-bond acceptors (Lipinski definition) is 2. The van der Waals surface area contributed by atoms with Gasteiger partial charge in [0.2, 0.25) is 0 Å². The molecule has 3 rings (SSSR count). The van der Waals surface area contributed by atoms with Gasteiger partial charge in [0.15, 0.2) is 0 Å². The maximum absolute atomic E-state index is 4.65. The molecule has 0 spiro atoms. The van der Waals surface area contributed by atoms with Crippen molar-refractivity contribution in [2.24, 2.45) is 5.92 Å². The molecular weight excluding hydrogens is 198 g/mol. The Hall–Kier alpha value is -0.830. The van der Waals surface area contributed by atoms with Crippen molar-refractivity contribution in [1.29, 1.82) is 0 Å². The van der Waals surface area contributed by atoms with E-state index in [9.17, 15) is 0 Å². The lowest BCUT2D eigenvalue weighted by Crippen LogP contribution is -2.19. The molecule has 1 aromatic rings. The summed E-state index contributed by atoms with van der Waals surface area (Å²) in [6, 6.07) is 0.663. The van der Waals surface area contributed by atoms with E-state index >= 15 is 0 Å². The van der Waals surface area contributed by atoms with Gasteiger partial charge in [0.1, 0.15) is 5.82 Å². The smallest absolute Gasteiger partial charge is 0.109 e. The Morgan fingerprint density at radius 1 is 1.50 bits per heavy atom. The van der Waals surface area contributed by atoms with Crippen molar-refractivity contribution in [3.63, 3.8) is 0 Å². The van der Waals surface area contributed by atoms with E-state index < -0.39 is 0 Å². The van der Waals surface area contributed by atoms with Crippen LogP contribution in [0, 0.1) is 5.92 Å². The molecule has 2 unspecified atom stereocenters. The summed E-state index contributed by atoms with van der Waals surface area (Å²) in [5.74, 6) is 2.14. The van der Waals surface area contributed by atoms with Crippen molar-refractivity contribution in [3.8, 4) is 0 Å². The van der Waals surface area contributed by atoms with Crippen molar-refractivity contribution in [3.05, 3.63) is 17.7 Å². The molecule has 2 aliphatic rings. The maximum atomic E-state index is 4.65. The van der Waals surface area contributed by atoms with Gasteiger partial charge in [-0.2, -0.15) is 0 Å². The second kappa shape index (κ2) is 4.21. The zero-order valence-corrected chi connectivity index (χ0v) is 10.1. The SMILES string of the molecule is CC1CCCc2cnc(CC3CCNC3)n21. The number of nitrogens with one attached hydrogen (secondary N) is 1. The molecule has 1 aromatic heterocycles. The standard InChI is InChI=1S/C13H21N3/c1-10-3-2-4-12-9-15-13(16(10)12)7-11-5-6-14-8-11/h9-11,14H,2-8H2,1H3. The zero-order chi connectivity index (χ0) is 11.0. The molecule has 2 atom stereocenters. The Balaban J connectivity index is 1.81.